The first-order valence-corrected chi connectivity index (χ1v) is 11.7. The van der Waals surface area contributed by atoms with Gasteiger partial charge in [-0.3, -0.25) is 10.00 Å². The van der Waals surface area contributed by atoms with Gasteiger partial charge in [0.1, 0.15) is 5.82 Å². The molecule has 0 bridgehead atoms. The van der Waals surface area contributed by atoms with Crippen LogP contribution < -0.4 is 4.72 Å². The number of nitrogens with zero attached hydrogens (tertiary/aromatic N) is 4. The van der Waals surface area contributed by atoms with E-state index in [0.717, 1.165) is 37.3 Å². The van der Waals surface area contributed by atoms with Crippen LogP contribution in [0.15, 0.2) is 30.3 Å². The van der Waals surface area contributed by atoms with Crippen molar-refractivity contribution in [1.82, 2.24) is 29.7 Å². The topological polar surface area (TPSA) is 94.2 Å². The van der Waals surface area contributed by atoms with Gasteiger partial charge in [0, 0.05) is 24.2 Å². The summed E-state index contributed by atoms with van der Waals surface area (Å²) in [6.07, 6.45) is 4.08. The van der Waals surface area contributed by atoms with E-state index in [9.17, 15) is 8.42 Å². The number of hydrogen-bond donors (Lipinski definition) is 2. The average molecular weight is 405 g/mol. The Morgan fingerprint density at radius 3 is 2.57 bits per heavy atom. The Morgan fingerprint density at radius 2 is 1.89 bits per heavy atom. The molecule has 0 amide bonds. The minimum Gasteiger partial charge on any atom is -0.306 e. The SMILES string of the molecule is CN1CCC(N2C[C@@H](NS(C)(=O)=O)C[C@H]2c2nc(-c3ccccc3)n[nH]2)CC1. The highest BCUT2D eigenvalue weighted by atomic mass is 32.2. The number of aromatic nitrogens is 3. The molecule has 0 aliphatic carbocycles. The number of rotatable bonds is 5. The Balaban J connectivity index is 1.57. The van der Waals surface area contributed by atoms with Crippen LogP contribution in [0.5, 0.6) is 0 Å². The van der Waals surface area contributed by atoms with Gasteiger partial charge in [-0.2, -0.15) is 5.10 Å². The summed E-state index contributed by atoms with van der Waals surface area (Å²) in [5, 5.41) is 7.53. The molecule has 8 nitrogen and oxygen atoms in total. The van der Waals surface area contributed by atoms with Crippen LogP contribution in [0.3, 0.4) is 0 Å². The second-order valence-corrected chi connectivity index (χ2v) is 9.76. The van der Waals surface area contributed by atoms with E-state index in [1.54, 1.807) is 0 Å². The number of sulfonamides is 1. The van der Waals surface area contributed by atoms with Gasteiger partial charge >= 0.3 is 0 Å². The molecule has 2 saturated heterocycles. The van der Waals surface area contributed by atoms with E-state index in [-0.39, 0.29) is 12.1 Å². The Bertz CT molecular complexity index is 892. The Hall–Kier alpha value is -1.81. The fourth-order valence-corrected chi connectivity index (χ4v) is 5.16. The van der Waals surface area contributed by atoms with Crippen LogP contribution in [0.1, 0.15) is 31.1 Å². The van der Waals surface area contributed by atoms with Crippen LogP contribution in [0.4, 0.5) is 0 Å². The average Bonchev–Trinajstić information content (AvgIpc) is 3.29. The minimum absolute atomic E-state index is 0.0395. The maximum Gasteiger partial charge on any atom is 0.208 e. The molecule has 2 fully saturated rings. The summed E-state index contributed by atoms with van der Waals surface area (Å²) in [6.45, 7) is 2.82. The Morgan fingerprint density at radius 1 is 1.18 bits per heavy atom. The lowest BCUT2D eigenvalue weighted by molar-refractivity contribution is 0.106. The minimum atomic E-state index is -3.24. The molecule has 1 aromatic carbocycles. The molecular formula is C19H28N6O2S. The number of aromatic amines is 1. The quantitative estimate of drug-likeness (QED) is 0.779. The molecule has 28 heavy (non-hydrogen) atoms. The van der Waals surface area contributed by atoms with Gasteiger partial charge in [-0.1, -0.05) is 30.3 Å². The molecule has 9 heteroatoms. The first kappa shape index (κ1) is 19.5. The molecule has 0 radical (unpaired) electrons. The summed E-state index contributed by atoms with van der Waals surface area (Å²) in [4.78, 5) is 9.52. The summed E-state index contributed by atoms with van der Waals surface area (Å²) in [5.41, 5.74) is 0.972. The van der Waals surface area contributed by atoms with Crippen LogP contribution in [0.2, 0.25) is 0 Å². The van der Waals surface area contributed by atoms with Crippen molar-refractivity contribution in [3.63, 3.8) is 0 Å². The summed E-state index contributed by atoms with van der Waals surface area (Å²) in [6, 6.07) is 10.3. The van der Waals surface area contributed by atoms with Crippen molar-refractivity contribution in [2.75, 3.05) is 32.9 Å². The van der Waals surface area contributed by atoms with E-state index in [1.165, 1.54) is 6.26 Å². The van der Waals surface area contributed by atoms with E-state index in [0.29, 0.717) is 24.8 Å². The highest BCUT2D eigenvalue weighted by Crippen LogP contribution is 2.35. The second kappa shape index (κ2) is 7.90. The zero-order chi connectivity index (χ0) is 19.7. The second-order valence-electron chi connectivity index (χ2n) is 7.98. The van der Waals surface area contributed by atoms with Crippen molar-refractivity contribution in [3.8, 4) is 11.4 Å². The van der Waals surface area contributed by atoms with Crippen molar-refractivity contribution < 1.29 is 8.42 Å². The summed E-state index contributed by atoms with van der Waals surface area (Å²) in [5.74, 6) is 1.49. The number of likely N-dealkylation sites (tertiary alicyclic amines) is 2. The third kappa shape index (κ3) is 4.43. The molecule has 0 unspecified atom stereocenters. The monoisotopic (exact) mass is 404 g/mol. The zero-order valence-corrected chi connectivity index (χ0v) is 17.2. The molecule has 2 aliphatic rings. The molecule has 4 rings (SSSR count). The molecule has 2 atom stereocenters. The molecule has 0 saturated carbocycles. The summed E-state index contributed by atoms with van der Waals surface area (Å²) >= 11 is 0. The molecule has 0 spiro atoms. The number of nitrogens with one attached hydrogen (secondary N) is 2. The van der Waals surface area contributed by atoms with Crippen LogP contribution in [-0.2, 0) is 10.0 Å². The summed E-state index contributed by atoms with van der Waals surface area (Å²) in [7, 11) is -1.10. The lowest BCUT2D eigenvalue weighted by atomic mass is 10.0. The van der Waals surface area contributed by atoms with Crippen molar-refractivity contribution in [2.24, 2.45) is 0 Å². The largest absolute Gasteiger partial charge is 0.306 e. The summed E-state index contributed by atoms with van der Waals surface area (Å²) < 4.78 is 26.3. The smallest absolute Gasteiger partial charge is 0.208 e. The number of benzene rings is 1. The standard InChI is InChI=1S/C19H28N6O2S/c1-24-10-8-16(9-11-24)25-13-15(23-28(2,26)27)12-17(25)19-20-18(21-22-19)14-6-4-3-5-7-14/h3-7,15-17,23H,8-13H2,1-2H3,(H,20,21,22)/t15-,17-/m0/s1. The highest BCUT2D eigenvalue weighted by Gasteiger charge is 2.40. The van der Waals surface area contributed by atoms with Gasteiger partial charge in [-0.05, 0) is 39.4 Å². The first-order valence-electron chi connectivity index (χ1n) is 9.78. The third-order valence-electron chi connectivity index (χ3n) is 5.73. The van der Waals surface area contributed by atoms with Crippen LogP contribution in [-0.4, -0.2) is 78.4 Å². The third-order valence-corrected chi connectivity index (χ3v) is 6.49. The van der Waals surface area contributed by atoms with E-state index >= 15 is 0 Å². The van der Waals surface area contributed by atoms with Gasteiger partial charge in [-0.25, -0.2) is 18.1 Å². The zero-order valence-electron chi connectivity index (χ0n) is 16.4. The molecule has 2 N–H and O–H groups in total. The molecule has 2 aliphatic heterocycles. The van der Waals surface area contributed by atoms with E-state index in [1.807, 2.05) is 30.3 Å². The fraction of sp³-hybridized carbons (Fsp3) is 0.579. The molecule has 3 heterocycles. The fourth-order valence-electron chi connectivity index (χ4n) is 4.39. The maximum absolute atomic E-state index is 11.8. The van der Waals surface area contributed by atoms with E-state index in [2.05, 4.69) is 31.8 Å². The van der Waals surface area contributed by atoms with E-state index in [4.69, 9.17) is 4.98 Å². The van der Waals surface area contributed by atoms with Gasteiger partial charge in [-0.15, -0.1) is 0 Å². The maximum atomic E-state index is 11.8. The van der Waals surface area contributed by atoms with Gasteiger partial charge < -0.3 is 4.90 Å². The van der Waals surface area contributed by atoms with Gasteiger partial charge in [0.2, 0.25) is 10.0 Å². The number of piperidine rings is 1. The van der Waals surface area contributed by atoms with Crippen molar-refractivity contribution in [2.45, 2.75) is 37.4 Å². The van der Waals surface area contributed by atoms with Crippen molar-refractivity contribution >= 4 is 10.0 Å². The van der Waals surface area contributed by atoms with Crippen molar-refractivity contribution in [1.29, 1.82) is 0 Å². The molecule has 152 valence electrons. The molecule has 1 aromatic heterocycles. The van der Waals surface area contributed by atoms with Crippen LogP contribution in [0.25, 0.3) is 11.4 Å². The number of H-pyrrole nitrogens is 1. The van der Waals surface area contributed by atoms with Crippen LogP contribution in [0, 0.1) is 0 Å². The van der Waals surface area contributed by atoms with Crippen LogP contribution >= 0.6 is 0 Å². The lowest BCUT2D eigenvalue weighted by Gasteiger charge is -2.37. The van der Waals surface area contributed by atoms with Gasteiger partial charge in [0.15, 0.2) is 5.82 Å². The predicted molar refractivity (Wildman–Crippen MR) is 108 cm³/mol. The Labute approximate surface area is 166 Å². The normalized spacial score (nSPS) is 25.4. The first-order chi connectivity index (χ1) is 13.4. The molecular weight excluding hydrogens is 376 g/mol. The van der Waals surface area contributed by atoms with Crippen molar-refractivity contribution in [3.05, 3.63) is 36.2 Å². The Kier molecular flexibility index (Phi) is 5.50. The lowest BCUT2D eigenvalue weighted by Crippen LogP contribution is -2.45. The van der Waals surface area contributed by atoms with E-state index < -0.39 is 10.0 Å². The highest BCUT2D eigenvalue weighted by molar-refractivity contribution is 7.88. The van der Waals surface area contributed by atoms with Gasteiger partial charge in [0.25, 0.3) is 0 Å². The predicted octanol–water partition coefficient (Wildman–Crippen LogP) is 1.23. The van der Waals surface area contributed by atoms with Gasteiger partial charge in [0.05, 0.1) is 12.3 Å². The molecule has 2 aromatic rings. The number of hydrogen-bond acceptors (Lipinski definition) is 6.